The van der Waals surface area contributed by atoms with Gasteiger partial charge in [0.15, 0.2) is 0 Å². The van der Waals surface area contributed by atoms with Crippen LogP contribution < -0.4 is 14.4 Å². The fraction of sp³-hybridized carbons (Fsp3) is 0.286. The van der Waals surface area contributed by atoms with Crippen LogP contribution in [0.3, 0.4) is 0 Å². The van der Waals surface area contributed by atoms with E-state index in [0.717, 1.165) is 33.0 Å². The molecular weight excluding hydrogens is 436 g/mol. The average Bonchev–Trinajstić information content (AvgIpc) is 3.18. The highest BCUT2D eigenvalue weighted by Crippen LogP contribution is 2.29. The van der Waals surface area contributed by atoms with E-state index in [4.69, 9.17) is 4.74 Å². The van der Waals surface area contributed by atoms with Gasteiger partial charge in [-0.15, -0.1) is 10.2 Å². The average molecular weight is 461 g/mol. The lowest BCUT2D eigenvalue weighted by atomic mass is 10.1. The zero-order valence-electron chi connectivity index (χ0n) is 17.9. The molecule has 0 saturated carbocycles. The number of hydrogen-bond acceptors (Lipinski definition) is 7. The van der Waals surface area contributed by atoms with Crippen LogP contribution in [-0.2, 0) is 14.8 Å². The molecule has 1 aromatic heterocycles. The summed E-state index contributed by atoms with van der Waals surface area (Å²) in [5, 5.41) is 11.7. The minimum absolute atomic E-state index is 0.289. The molecule has 0 bridgehead atoms. The van der Waals surface area contributed by atoms with Crippen LogP contribution in [0.15, 0.2) is 42.5 Å². The number of benzene rings is 2. The molecule has 1 amide bonds. The number of carbonyl (C=O) groups is 1. The van der Waals surface area contributed by atoms with Gasteiger partial charge in [0.1, 0.15) is 16.8 Å². The molecule has 1 atom stereocenters. The number of hydrogen-bond donors (Lipinski definition) is 1. The van der Waals surface area contributed by atoms with E-state index in [-0.39, 0.29) is 5.13 Å². The summed E-state index contributed by atoms with van der Waals surface area (Å²) in [6.07, 6.45) is 1.09. The number of sulfonamides is 1. The van der Waals surface area contributed by atoms with Crippen LogP contribution in [0.5, 0.6) is 5.75 Å². The van der Waals surface area contributed by atoms with Crippen LogP contribution in [0.1, 0.15) is 18.1 Å². The minimum atomic E-state index is -3.71. The summed E-state index contributed by atoms with van der Waals surface area (Å²) in [5.41, 5.74) is 2.96. The fourth-order valence-corrected chi connectivity index (χ4v) is 5.05. The van der Waals surface area contributed by atoms with Crippen LogP contribution in [0.4, 0.5) is 10.8 Å². The summed E-state index contributed by atoms with van der Waals surface area (Å²) in [4.78, 5) is 12.9. The first-order chi connectivity index (χ1) is 14.6. The third-order valence-electron chi connectivity index (χ3n) is 4.68. The predicted molar refractivity (Wildman–Crippen MR) is 123 cm³/mol. The number of methoxy groups -OCH3 is 1. The number of ether oxygens (including phenoxy) is 1. The maximum absolute atomic E-state index is 12.9. The molecule has 0 aliphatic carbocycles. The van der Waals surface area contributed by atoms with Gasteiger partial charge in [0.2, 0.25) is 21.1 Å². The molecule has 0 aliphatic rings. The van der Waals surface area contributed by atoms with E-state index in [9.17, 15) is 13.2 Å². The Hall–Kier alpha value is -2.98. The first-order valence-electron chi connectivity index (χ1n) is 9.45. The van der Waals surface area contributed by atoms with Crippen molar-refractivity contribution >= 4 is 38.1 Å². The number of nitrogens with zero attached hydrogens (tertiary/aromatic N) is 3. The molecule has 164 valence electrons. The lowest BCUT2D eigenvalue weighted by Crippen LogP contribution is -2.45. The van der Waals surface area contributed by atoms with Gasteiger partial charge < -0.3 is 4.74 Å². The van der Waals surface area contributed by atoms with Crippen LogP contribution in [-0.4, -0.2) is 43.9 Å². The molecule has 3 aromatic rings. The van der Waals surface area contributed by atoms with Gasteiger partial charge in [0.05, 0.1) is 19.1 Å². The molecule has 1 heterocycles. The maximum atomic E-state index is 12.9. The number of aromatic nitrogens is 2. The monoisotopic (exact) mass is 460 g/mol. The second kappa shape index (κ2) is 9.03. The van der Waals surface area contributed by atoms with Crippen molar-refractivity contribution in [2.45, 2.75) is 26.8 Å². The number of amides is 1. The highest BCUT2D eigenvalue weighted by molar-refractivity contribution is 7.92. The van der Waals surface area contributed by atoms with Gasteiger partial charge in [-0.2, -0.15) is 0 Å². The molecular formula is C21H24N4O4S2. The van der Waals surface area contributed by atoms with E-state index in [2.05, 4.69) is 15.5 Å². The van der Waals surface area contributed by atoms with Crippen LogP contribution in [0, 0.1) is 13.8 Å². The highest BCUT2D eigenvalue weighted by atomic mass is 32.2. The van der Waals surface area contributed by atoms with Crippen molar-refractivity contribution in [2.75, 3.05) is 23.0 Å². The normalized spacial score (nSPS) is 12.3. The smallest absolute Gasteiger partial charge is 0.249 e. The summed E-state index contributed by atoms with van der Waals surface area (Å²) in [7, 11) is -2.12. The van der Waals surface area contributed by atoms with Gasteiger partial charge in [-0.25, -0.2) is 8.42 Å². The molecule has 2 aromatic carbocycles. The number of aryl methyl sites for hydroxylation is 2. The predicted octanol–water partition coefficient (Wildman–Crippen LogP) is 3.62. The van der Waals surface area contributed by atoms with Crippen molar-refractivity contribution in [1.82, 2.24) is 10.2 Å². The molecule has 0 unspecified atom stereocenters. The summed E-state index contributed by atoms with van der Waals surface area (Å²) in [6.45, 7) is 5.23. The maximum Gasteiger partial charge on any atom is 0.249 e. The highest BCUT2D eigenvalue weighted by Gasteiger charge is 2.30. The second-order valence-corrected chi connectivity index (χ2v) is 9.99. The third kappa shape index (κ3) is 5.20. The molecule has 0 saturated heterocycles. The van der Waals surface area contributed by atoms with Gasteiger partial charge in [-0.3, -0.25) is 14.4 Å². The summed E-state index contributed by atoms with van der Waals surface area (Å²) in [5.74, 6) is 0.228. The van der Waals surface area contributed by atoms with E-state index >= 15 is 0 Å². The van der Waals surface area contributed by atoms with Crippen LogP contribution in [0.2, 0.25) is 0 Å². The Morgan fingerprint density at radius 3 is 2.42 bits per heavy atom. The third-order valence-corrected chi connectivity index (χ3v) is 6.80. The molecule has 10 heteroatoms. The van der Waals surface area contributed by atoms with Gasteiger partial charge in [0.25, 0.3) is 0 Å². The number of carbonyl (C=O) groups excluding carboxylic acids is 1. The Morgan fingerprint density at radius 1 is 1.13 bits per heavy atom. The Balaban J connectivity index is 1.83. The van der Waals surface area contributed by atoms with E-state index in [1.165, 1.54) is 11.3 Å². The first kappa shape index (κ1) is 22.7. The van der Waals surface area contributed by atoms with E-state index < -0.39 is 22.0 Å². The first-order valence-corrected chi connectivity index (χ1v) is 12.1. The lowest BCUT2D eigenvalue weighted by Gasteiger charge is -2.29. The van der Waals surface area contributed by atoms with Crippen molar-refractivity contribution < 1.29 is 17.9 Å². The zero-order chi connectivity index (χ0) is 22.8. The number of anilines is 2. The van der Waals surface area contributed by atoms with Gasteiger partial charge >= 0.3 is 0 Å². The van der Waals surface area contributed by atoms with Crippen molar-refractivity contribution in [1.29, 1.82) is 0 Å². The molecule has 3 rings (SSSR count). The lowest BCUT2D eigenvalue weighted by molar-refractivity contribution is -0.116. The largest absolute Gasteiger partial charge is 0.497 e. The van der Waals surface area contributed by atoms with Gasteiger partial charge in [-0.1, -0.05) is 23.5 Å². The molecule has 0 radical (unpaired) electrons. The number of rotatable bonds is 7. The van der Waals surface area contributed by atoms with Crippen LogP contribution >= 0.6 is 11.3 Å². The molecule has 1 N–H and O–H groups in total. The zero-order valence-corrected chi connectivity index (χ0v) is 19.5. The van der Waals surface area contributed by atoms with Crippen molar-refractivity contribution in [2.24, 2.45) is 0 Å². The second-order valence-electron chi connectivity index (χ2n) is 7.15. The van der Waals surface area contributed by atoms with E-state index in [0.29, 0.717) is 10.7 Å². The van der Waals surface area contributed by atoms with E-state index in [1.807, 2.05) is 50.2 Å². The molecule has 0 spiro atoms. The Labute approximate surface area is 185 Å². The van der Waals surface area contributed by atoms with Gasteiger partial charge in [0, 0.05) is 5.56 Å². The van der Waals surface area contributed by atoms with Crippen LogP contribution in [0.25, 0.3) is 10.6 Å². The Kier molecular flexibility index (Phi) is 6.61. The molecule has 0 aliphatic heterocycles. The molecule has 31 heavy (non-hydrogen) atoms. The topological polar surface area (TPSA) is 101 Å². The summed E-state index contributed by atoms with van der Waals surface area (Å²) < 4.78 is 31.4. The van der Waals surface area contributed by atoms with Crippen molar-refractivity contribution in [3.8, 4) is 16.3 Å². The Morgan fingerprint density at radius 2 is 1.81 bits per heavy atom. The SMILES string of the molecule is COc1ccc(-c2nnc(NC(=O)[C@H](C)N(c3cc(C)ccc3C)S(C)(=O)=O)s2)cc1. The molecule has 8 nitrogen and oxygen atoms in total. The van der Waals surface area contributed by atoms with Crippen molar-refractivity contribution in [3.05, 3.63) is 53.6 Å². The van der Waals surface area contributed by atoms with Gasteiger partial charge in [-0.05, 0) is 62.2 Å². The summed E-state index contributed by atoms with van der Waals surface area (Å²) in [6, 6.07) is 11.8. The molecule has 0 fully saturated rings. The standard InChI is InChI=1S/C21H24N4O4S2/c1-13-6-7-14(2)18(12-13)25(31(5,27)28)15(3)19(26)22-21-24-23-20(30-21)16-8-10-17(29-4)11-9-16/h6-12,15H,1-5H3,(H,22,24,26)/t15-/m0/s1. The summed E-state index contributed by atoms with van der Waals surface area (Å²) >= 11 is 1.20. The number of nitrogens with one attached hydrogen (secondary N) is 1. The minimum Gasteiger partial charge on any atom is -0.497 e. The van der Waals surface area contributed by atoms with Crippen molar-refractivity contribution in [3.63, 3.8) is 0 Å². The van der Waals surface area contributed by atoms with E-state index in [1.54, 1.807) is 20.1 Å². The Bertz CT molecular complexity index is 1190. The fourth-order valence-electron chi connectivity index (χ4n) is 3.07. The quantitative estimate of drug-likeness (QED) is 0.578.